The van der Waals surface area contributed by atoms with Gasteiger partial charge in [0, 0.05) is 13.2 Å². The van der Waals surface area contributed by atoms with Crippen LogP contribution in [0.4, 0.5) is 0 Å². The van der Waals surface area contributed by atoms with Gasteiger partial charge in [0.15, 0.2) is 0 Å². The Kier molecular flexibility index (Phi) is 4.61. The third-order valence-electron chi connectivity index (χ3n) is 3.07. The number of aryl methyl sites for hydroxylation is 1. The molecule has 0 saturated heterocycles. The largest absolute Gasteiger partial charge is 0.495 e. The molecule has 0 saturated carbocycles. The topological polar surface area (TPSA) is 93.4 Å². The molecule has 0 atom stereocenters. The highest BCUT2D eigenvalue weighted by molar-refractivity contribution is 7.89. The maximum absolute atomic E-state index is 12.4. The van der Waals surface area contributed by atoms with Gasteiger partial charge >= 0.3 is 0 Å². The van der Waals surface area contributed by atoms with Crippen LogP contribution in [0.5, 0.6) is 5.75 Å². The molecule has 0 amide bonds. The van der Waals surface area contributed by atoms with Gasteiger partial charge < -0.3 is 9.84 Å². The summed E-state index contributed by atoms with van der Waals surface area (Å²) >= 11 is 0. The second kappa shape index (κ2) is 6.25. The van der Waals surface area contributed by atoms with E-state index in [0.29, 0.717) is 5.56 Å². The van der Waals surface area contributed by atoms with Gasteiger partial charge in [-0.05, 0) is 23.8 Å². The first-order valence-corrected chi connectivity index (χ1v) is 7.70. The number of nitrogens with zero attached hydrogens (tertiary/aromatic N) is 2. The van der Waals surface area contributed by atoms with Crippen LogP contribution in [-0.2, 0) is 30.2 Å². The van der Waals surface area contributed by atoms with Crippen LogP contribution in [0.15, 0.2) is 35.4 Å². The summed E-state index contributed by atoms with van der Waals surface area (Å²) < 4.78 is 33.9. The molecule has 1 aromatic heterocycles. The molecule has 0 radical (unpaired) electrons. The van der Waals surface area contributed by atoms with E-state index in [1.807, 2.05) is 0 Å². The quantitative estimate of drug-likeness (QED) is 0.805. The summed E-state index contributed by atoms with van der Waals surface area (Å²) in [4.78, 5) is -0.00119. The van der Waals surface area contributed by atoms with E-state index in [0.717, 1.165) is 5.69 Å². The lowest BCUT2D eigenvalue weighted by molar-refractivity contribution is 0.281. The van der Waals surface area contributed by atoms with Crippen molar-refractivity contribution in [3.63, 3.8) is 0 Å². The predicted octanol–water partition coefficient (Wildman–Crippen LogP) is 0.399. The fourth-order valence-corrected chi connectivity index (χ4v) is 3.07. The molecule has 2 aromatic rings. The van der Waals surface area contributed by atoms with Gasteiger partial charge in [0.25, 0.3) is 0 Å². The van der Waals surface area contributed by atoms with Crippen LogP contribution >= 0.6 is 0 Å². The van der Waals surface area contributed by atoms with Crippen molar-refractivity contribution in [3.05, 3.63) is 41.7 Å². The normalized spacial score (nSPS) is 11.6. The Bertz CT molecular complexity index is 725. The molecule has 114 valence electrons. The third-order valence-corrected chi connectivity index (χ3v) is 4.49. The van der Waals surface area contributed by atoms with Crippen LogP contribution in [0, 0.1) is 0 Å². The molecule has 0 fully saturated rings. The van der Waals surface area contributed by atoms with Crippen molar-refractivity contribution < 1.29 is 18.3 Å². The van der Waals surface area contributed by atoms with E-state index in [1.54, 1.807) is 30.1 Å². The molecule has 2 rings (SSSR count). The number of nitrogens with one attached hydrogen (secondary N) is 1. The molecule has 7 nitrogen and oxygen atoms in total. The molecule has 8 heteroatoms. The minimum absolute atomic E-state index is 0.00119. The van der Waals surface area contributed by atoms with Crippen LogP contribution in [-0.4, -0.2) is 30.4 Å². The Morgan fingerprint density at radius 3 is 2.71 bits per heavy atom. The number of aliphatic hydroxyl groups is 1. The second-order valence-electron chi connectivity index (χ2n) is 4.41. The molecule has 0 bridgehead atoms. The Balaban J connectivity index is 2.28. The molecular formula is C13H17N3O4S. The molecule has 1 heterocycles. The number of ether oxygens (including phenoxy) is 1. The molecule has 0 aliphatic heterocycles. The molecule has 0 aliphatic carbocycles. The van der Waals surface area contributed by atoms with E-state index in [9.17, 15) is 8.42 Å². The van der Waals surface area contributed by atoms with E-state index in [-0.39, 0.29) is 23.8 Å². The zero-order valence-electron chi connectivity index (χ0n) is 11.8. The lowest BCUT2D eigenvalue weighted by Crippen LogP contribution is -2.25. The average molecular weight is 311 g/mol. The molecular weight excluding hydrogens is 294 g/mol. The maximum atomic E-state index is 12.4. The smallest absolute Gasteiger partial charge is 0.244 e. The number of rotatable bonds is 6. The zero-order valence-corrected chi connectivity index (χ0v) is 12.6. The van der Waals surface area contributed by atoms with Gasteiger partial charge in [-0.25, -0.2) is 13.1 Å². The van der Waals surface area contributed by atoms with Gasteiger partial charge in [0.1, 0.15) is 10.6 Å². The zero-order chi connectivity index (χ0) is 15.5. The second-order valence-corrected chi connectivity index (χ2v) is 6.15. The van der Waals surface area contributed by atoms with E-state index in [4.69, 9.17) is 9.84 Å². The molecule has 21 heavy (non-hydrogen) atoms. The summed E-state index contributed by atoms with van der Waals surface area (Å²) in [5.41, 5.74) is 1.23. The Morgan fingerprint density at radius 2 is 2.14 bits per heavy atom. The molecule has 0 spiro atoms. The highest BCUT2D eigenvalue weighted by Gasteiger charge is 2.20. The van der Waals surface area contributed by atoms with Gasteiger partial charge in [-0.2, -0.15) is 5.10 Å². The maximum Gasteiger partial charge on any atom is 0.244 e. The standard InChI is InChI=1S/C13H17N3O4S/c1-16-11(5-6-14-16)8-15-21(18,19)13-7-10(9-17)3-4-12(13)20-2/h3-7,15,17H,8-9H2,1-2H3. The van der Waals surface area contributed by atoms with E-state index >= 15 is 0 Å². The summed E-state index contributed by atoms with van der Waals surface area (Å²) in [5, 5.41) is 13.1. The summed E-state index contributed by atoms with van der Waals surface area (Å²) in [7, 11) is -0.626. The van der Waals surface area contributed by atoms with Crippen molar-refractivity contribution in [2.45, 2.75) is 18.0 Å². The molecule has 1 aromatic carbocycles. The summed E-state index contributed by atoms with van der Waals surface area (Å²) in [6.07, 6.45) is 1.59. The van der Waals surface area contributed by atoms with Gasteiger partial charge in [0.2, 0.25) is 10.0 Å². The molecule has 0 aliphatic rings. The number of sulfonamides is 1. The van der Waals surface area contributed by atoms with Crippen molar-refractivity contribution in [1.82, 2.24) is 14.5 Å². The average Bonchev–Trinajstić information content (AvgIpc) is 2.90. The van der Waals surface area contributed by atoms with Crippen molar-refractivity contribution in [3.8, 4) is 5.75 Å². The lowest BCUT2D eigenvalue weighted by atomic mass is 10.2. The van der Waals surface area contributed by atoms with Crippen molar-refractivity contribution >= 4 is 10.0 Å². The van der Waals surface area contributed by atoms with Crippen LogP contribution in [0.1, 0.15) is 11.3 Å². The fourth-order valence-electron chi connectivity index (χ4n) is 1.85. The van der Waals surface area contributed by atoms with Crippen molar-refractivity contribution in [1.29, 1.82) is 0 Å². The summed E-state index contributed by atoms with van der Waals surface area (Å²) in [6.45, 7) is -0.125. The lowest BCUT2D eigenvalue weighted by Gasteiger charge is -2.12. The number of benzene rings is 1. The van der Waals surface area contributed by atoms with Crippen LogP contribution in [0.25, 0.3) is 0 Å². The predicted molar refractivity (Wildman–Crippen MR) is 76.2 cm³/mol. The van der Waals surface area contributed by atoms with E-state index in [1.165, 1.54) is 19.2 Å². The fraction of sp³-hybridized carbons (Fsp3) is 0.308. The SMILES string of the molecule is COc1ccc(CO)cc1S(=O)(=O)NCc1ccnn1C. The Hall–Kier alpha value is -1.90. The number of hydrogen-bond acceptors (Lipinski definition) is 5. The first-order valence-electron chi connectivity index (χ1n) is 6.22. The van der Waals surface area contributed by atoms with E-state index in [2.05, 4.69) is 9.82 Å². The Morgan fingerprint density at radius 1 is 1.38 bits per heavy atom. The van der Waals surface area contributed by atoms with Crippen molar-refractivity contribution in [2.75, 3.05) is 7.11 Å². The third kappa shape index (κ3) is 3.41. The van der Waals surface area contributed by atoms with Crippen LogP contribution in [0.3, 0.4) is 0 Å². The Labute approximate surface area is 123 Å². The van der Waals surface area contributed by atoms with Gasteiger partial charge in [-0.15, -0.1) is 0 Å². The van der Waals surface area contributed by atoms with Crippen LogP contribution in [0.2, 0.25) is 0 Å². The van der Waals surface area contributed by atoms with E-state index < -0.39 is 10.0 Å². The number of aliphatic hydroxyl groups excluding tert-OH is 1. The highest BCUT2D eigenvalue weighted by atomic mass is 32.2. The van der Waals surface area contributed by atoms with Gasteiger partial charge in [-0.3, -0.25) is 4.68 Å². The van der Waals surface area contributed by atoms with Crippen molar-refractivity contribution in [2.24, 2.45) is 7.05 Å². The number of hydrogen-bond donors (Lipinski definition) is 2. The molecule has 0 unspecified atom stereocenters. The first kappa shape index (κ1) is 15.5. The minimum atomic E-state index is -3.76. The first-order chi connectivity index (χ1) is 9.97. The van der Waals surface area contributed by atoms with Crippen LogP contribution < -0.4 is 9.46 Å². The monoisotopic (exact) mass is 311 g/mol. The summed E-state index contributed by atoms with van der Waals surface area (Å²) in [6, 6.07) is 6.25. The van der Waals surface area contributed by atoms with Gasteiger partial charge in [0.05, 0.1) is 26.0 Å². The number of methoxy groups -OCH3 is 1. The van der Waals surface area contributed by atoms with Gasteiger partial charge in [-0.1, -0.05) is 6.07 Å². The highest BCUT2D eigenvalue weighted by Crippen LogP contribution is 2.25. The minimum Gasteiger partial charge on any atom is -0.495 e. The number of aromatic nitrogens is 2. The molecule has 2 N–H and O–H groups in total. The summed E-state index contributed by atoms with van der Waals surface area (Å²) in [5.74, 6) is 0.227.